The minimum Gasteiger partial charge on any atom is -0.497 e. The zero-order valence-corrected chi connectivity index (χ0v) is 18.6. The van der Waals surface area contributed by atoms with Crippen molar-refractivity contribution in [3.05, 3.63) is 48.0 Å². The summed E-state index contributed by atoms with van der Waals surface area (Å²) in [6.45, 7) is 4.34. The fourth-order valence-electron chi connectivity index (χ4n) is 3.41. The summed E-state index contributed by atoms with van der Waals surface area (Å²) in [5.41, 5.74) is 1.84. The van der Waals surface area contributed by atoms with Crippen LogP contribution in [0.25, 0.3) is 22.1 Å². The number of fused-ring (bicyclic) bond motifs is 3. The molecule has 0 fully saturated rings. The van der Waals surface area contributed by atoms with Crippen LogP contribution in [0.3, 0.4) is 0 Å². The molecule has 10 nitrogen and oxygen atoms in total. The Bertz CT molecular complexity index is 1410. The molecule has 0 spiro atoms. The predicted octanol–water partition coefficient (Wildman–Crippen LogP) is 2.80. The Hall–Kier alpha value is -3.57. The molecular weight excluding hydrogens is 432 g/mol. The third-order valence-electron chi connectivity index (χ3n) is 5.09. The van der Waals surface area contributed by atoms with Crippen molar-refractivity contribution >= 4 is 43.9 Å². The number of anilines is 1. The van der Waals surface area contributed by atoms with Crippen molar-refractivity contribution in [2.45, 2.75) is 18.7 Å². The Morgan fingerprint density at radius 1 is 1.12 bits per heavy atom. The number of carbonyl (C=O) groups excluding carboxylic acids is 1. The molecule has 0 radical (unpaired) electrons. The number of nitrogens with one attached hydrogen (secondary N) is 2. The van der Waals surface area contributed by atoms with Crippen LogP contribution in [0.5, 0.6) is 5.75 Å². The number of ether oxygens (including phenoxy) is 1. The molecule has 2 aromatic heterocycles. The lowest BCUT2D eigenvalue weighted by molar-refractivity contribution is 0.102. The number of amides is 1. The van der Waals surface area contributed by atoms with Gasteiger partial charge in [0, 0.05) is 29.6 Å². The Kier molecular flexibility index (Phi) is 5.76. The first-order valence-corrected chi connectivity index (χ1v) is 11.4. The molecule has 0 saturated carbocycles. The number of aromatic nitrogens is 4. The third-order valence-corrected chi connectivity index (χ3v) is 7.13. The van der Waals surface area contributed by atoms with Gasteiger partial charge in [-0.2, -0.15) is 9.29 Å². The van der Waals surface area contributed by atoms with Gasteiger partial charge in [-0.15, -0.1) is 10.2 Å². The molecule has 0 saturated heterocycles. The molecule has 4 rings (SSSR count). The molecule has 11 heteroatoms. The minimum absolute atomic E-state index is 0.0212. The number of hydrogen-bond donors (Lipinski definition) is 2. The molecule has 0 atom stereocenters. The summed E-state index contributed by atoms with van der Waals surface area (Å²) in [6.07, 6.45) is 0. The standard InChI is InChI=1S/C21H22N6O4S/c1-4-27(5-2)32(29,30)15-9-10-17-16(12-15)18-19(22-17)23-21(26-25-18)24-20(28)13-7-6-8-14(11-13)31-3/h6-12H,4-5H2,1-3H3,(H2,22,23,24,26,28). The summed E-state index contributed by atoms with van der Waals surface area (Å²) in [4.78, 5) is 20.1. The van der Waals surface area contributed by atoms with Gasteiger partial charge < -0.3 is 9.72 Å². The molecule has 0 bridgehead atoms. The highest BCUT2D eigenvalue weighted by Crippen LogP contribution is 2.27. The molecule has 32 heavy (non-hydrogen) atoms. The minimum atomic E-state index is -3.62. The van der Waals surface area contributed by atoms with E-state index in [-0.39, 0.29) is 10.8 Å². The van der Waals surface area contributed by atoms with Crippen molar-refractivity contribution in [2.75, 3.05) is 25.5 Å². The molecule has 0 aliphatic carbocycles. The van der Waals surface area contributed by atoms with Crippen LogP contribution in [-0.2, 0) is 10.0 Å². The van der Waals surface area contributed by atoms with Gasteiger partial charge in [-0.1, -0.05) is 19.9 Å². The third kappa shape index (κ3) is 3.87. The Morgan fingerprint density at radius 2 is 1.91 bits per heavy atom. The fourth-order valence-corrected chi connectivity index (χ4v) is 4.90. The first-order chi connectivity index (χ1) is 15.4. The van der Waals surface area contributed by atoms with E-state index in [2.05, 4.69) is 25.5 Å². The van der Waals surface area contributed by atoms with Crippen molar-refractivity contribution in [1.29, 1.82) is 0 Å². The molecular formula is C21H22N6O4S. The van der Waals surface area contributed by atoms with Crippen LogP contribution in [0.1, 0.15) is 24.2 Å². The number of H-pyrrole nitrogens is 1. The highest BCUT2D eigenvalue weighted by molar-refractivity contribution is 7.89. The van der Waals surface area contributed by atoms with Gasteiger partial charge in [0.1, 0.15) is 11.3 Å². The van der Waals surface area contributed by atoms with E-state index in [1.54, 1.807) is 56.3 Å². The zero-order valence-electron chi connectivity index (χ0n) is 17.8. The maximum Gasteiger partial charge on any atom is 0.258 e. The number of carbonyl (C=O) groups is 1. The van der Waals surface area contributed by atoms with Gasteiger partial charge in [0.2, 0.25) is 10.0 Å². The van der Waals surface area contributed by atoms with E-state index in [0.717, 1.165) is 0 Å². The van der Waals surface area contributed by atoms with Crippen molar-refractivity contribution in [3.63, 3.8) is 0 Å². The molecule has 0 aliphatic heterocycles. The largest absolute Gasteiger partial charge is 0.497 e. The van der Waals surface area contributed by atoms with Crippen molar-refractivity contribution in [2.24, 2.45) is 0 Å². The second-order valence-electron chi connectivity index (χ2n) is 6.94. The highest BCUT2D eigenvalue weighted by atomic mass is 32.2. The van der Waals surface area contributed by atoms with Crippen molar-refractivity contribution in [1.82, 2.24) is 24.5 Å². The number of rotatable bonds is 7. The Morgan fingerprint density at radius 3 is 2.62 bits per heavy atom. The van der Waals surface area contributed by atoms with E-state index in [1.807, 2.05) is 0 Å². The monoisotopic (exact) mass is 454 g/mol. The van der Waals surface area contributed by atoms with E-state index >= 15 is 0 Å². The fraction of sp³-hybridized carbons (Fsp3) is 0.238. The summed E-state index contributed by atoms with van der Waals surface area (Å²) >= 11 is 0. The van der Waals surface area contributed by atoms with Crippen molar-refractivity contribution in [3.8, 4) is 5.75 Å². The van der Waals surface area contributed by atoms with E-state index in [1.165, 1.54) is 11.4 Å². The predicted molar refractivity (Wildman–Crippen MR) is 120 cm³/mol. The quantitative estimate of drug-likeness (QED) is 0.439. The molecule has 0 aliphatic rings. The second-order valence-corrected chi connectivity index (χ2v) is 8.88. The lowest BCUT2D eigenvalue weighted by Gasteiger charge is -2.18. The van der Waals surface area contributed by atoms with E-state index in [9.17, 15) is 13.2 Å². The van der Waals surface area contributed by atoms with Gasteiger partial charge in [0.25, 0.3) is 11.9 Å². The number of hydrogen-bond acceptors (Lipinski definition) is 7. The summed E-state index contributed by atoms with van der Waals surface area (Å²) in [6, 6.07) is 11.5. The van der Waals surface area contributed by atoms with Crippen molar-refractivity contribution < 1.29 is 17.9 Å². The molecule has 2 aromatic carbocycles. The molecule has 0 unspecified atom stereocenters. The summed E-state index contributed by atoms with van der Waals surface area (Å²) in [5, 5.41) is 11.4. The number of methoxy groups -OCH3 is 1. The van der Waals surface area contributed by atoms with Gasteiger partial charge >= 0.3 is 0 Å². The smallest absolute Gasteiger partial charge is 0.258 e. The van der Waals surface area contributed by atoms with E-state index < -0.39 is 15.9 Å². The SMILES string of the molecule is CCN(CC)S(=O)(=O)c1ccc2[nH]c3nc(NC(=O)c4cccc(OC)c4)nnc3c2c1. The van der Waals surface area contributed by atoms with Crippen LogP contribution in [0.2, 0.25) is 0 Å². The van der Waals surface area contributed by atoms with Gasteiger partial charge in [-0.05, 0) is 36.4 Å². The Labute approximate surface area is 184 Å². The van der Waals surface area contributed by atoms with Gasteiger partial charge in [-0.3, -0.25) is 10.1 Å². The number of aromatic amines is 1. The first-order valence-electron chi connectivity index (χ1n) is 9.99. The average molecular weight is 455 g/mol. The van der Waals surface area contributed by atoms with Crippen LogP contribution in [0.4, 0.5) is 5.95 Å². The molecule has 2 heterocycles. The van der Waals surface area contributed by atoms with Crippen LogP contribution in [0.15, 0.2) is 47.4 Å². The Balaban J connectivity index is 1.68. The molecule has 2 N–H and O–H groups in total. The van der Waals surface area contributed by atoms with E-state index in [4.69, 9.17) is 4.74 Å². The lowest BCUT2D eigenvalue weighted by Crippen LogP contribution is -2.30. The van der Waals surface area contributed by atoms with E-state index in [0.29, 0.717) is 46.5 Å². The number of nitrogens with zero attached hydrogens (tertiary/aromatic N) is 4. The van der Waals surface area contributed by atoms with Crippen LogP contribution in [-0.4, -0.2) is 59.0 Å². The summed E-state index contributed by atoms with van der Waals surface area (Å²) < 4.78 is 32.2. The van der Waals surface area contributed by atoms with Crippen LogP contribution in [0, 0.1) is 0 Å². The van der Waals surface area contributed by atoms with Gasteiger partial charge in [0.05, 0.1) is 12.0 Å². The maximum atomic E-state index is 12.9. The summed E-state index contributed by atoms with van der Waals surface area (Å²) in [7, 11) is -2.10. The average Bonchev–Trinajstić information content (AvgIpc) is 3.16. The zero-order chi connectivity index (χ0) is 22.9. The molecule has 1 amide bonds. The molecule has 166 valence electrons. The molecule has 4 aromatic rings. The lowest BCUT2D eigenvalue weighted by atomic mass is 10.2. The summed E-state index contributed by atoms with van der Waals surface area (Å²) in [5.74, 6) is 0.167. The topological polar surface area (TPSA) is 130 Å². The highest BCUT2D eigenvalue weighted by Gasteiger charge is 2.23. The number of benzene rings is 2. The first kappa shape index (κ1) is 21.7. The van der Waals surface area contributed by atoms with Crippen LogP contribution >= 0.6 is 0 Å². The second kappa shape index (κ2) is 8.52. The van der Waals surface area contributed by atoms with Crippen LogP contribution < -0.4 is 10.1 Å². The normalized spacial score (nSPS) is 11.9. The van der Waals surface area contributed by atoms with Gasteiger partial charge in [-0.25, -0.2) is 8.42 Å². The van der Waals surface area contributed by atoms with Gasteiger partial charge in [0.15, 0.2) is 5.65 Å². The number of sulfonamides is 1. The maximum absolute atomic E-state index is 12.9.